The van der Waals surface area contributed by atoms with Crippen molar-refractivity contribution in [1.82, 2.24) is 20.9 Å². The molecule has 0 aliphatic carbocycles. The highest BCUT2D eigenvalue weighted by Crippen LogP contribution is 2.20. The van der Waals surface area contributed by atoms with Gasteiger partial charge in [0.25, 0.3) is 5.91 Å². The summed E-state index contributed by atoms with van der Waals surface area (Å²) in [6.07, 6.45) is 2.36. The van der Waals surface area contributed by atoms with E-state index in [4.69, 9.17) is 0 Å². The normalized spacial score (nSPS) is 21.8. The van der Waals surface area contributed by atoms with Crippen LogP contribution in [-0.4, -0.2) is 55.0 Å². The zero-order valence-corrected chi connectivity index (χ0v) is 15.0. The van der Waals surface area contributed by atoms with Gasteiger partial charge in [-0.05, 0) is 32.1 Å². The van der Waals surface area contributed by atoms with Crippen molar-refractivity contribution in [1.29, 1.82) is 0 Å². The molecule has 1 rings (SSSR count). The van der Waals surface area contributed by atoms with E-state index < -0.39 is 5.54 Å². The molecule has 0 saturated carbocycles. The van der Waals surface area contributed by atoms with Crippen molar-refractivity contribution in [2.75, 3.05) is 26.7 Å². The smallest absolute Gasteiger partial charge is 0.325 e. The lowest BCUT2D eigenvalue weighted by molar-refractivity contribution is -0.130. The van der Waals surface area contributed by atoms with Crippen LogP contribution in [0.15, 0.2) is 4.99 Å². The third kappa shape index (κ3) is 5.41. The van der Waals surface area contributed by atoms with E-state index in [0.717, 1.165) is 18.9 Å². The first-order chi connectivity index (χ1) is 10.8. The molecule has 23 heavy (non-hydrogen) atoms. The Balaban J connectivity index is 2.31. The third-order valence-electron chi connectivity index (χ3n) is 4.14. The number of hydrogen-bond donors (Lipinski definition) is 3. The van der Waals surface area contributed by atoms with Crippen LogP contribution in [-0.2, 0) is 4.79 Å². The number of urea groups is 1. The van der Waals surface area contributed by atoms with Crippen LogP contribution in [0.1, 0.15) is 47.0 Å². The van der Waals surface area contributed by atoms with E-state index in [-0.39, 0.29) is 11.9 Å². The minimum Gasteiger partial charge on any atom is -0.356 e. The maximum absolute atomic E-state index is 12.2. The van der Waals surface area contributed by atoms with Crippen LogP contribution in [0, 0.1) is 5.92 Å². The number of nitrogens with one attached hydrogen (secondary N) is 3. The summed E-state index contributed by atoms with van der Waals surface area (Å²) < 4.78 is 0. The van der Waals surface area contributed by atoms with E-state index in [1.54, 1.807) is 14.0 Å². The van der Waals surface area contributed by atoms with Gasteiger partial charge < -0.3 is 16.0 Å². The van der Waals surface area contributed by atoms with Crippen LogP contribution < -0.4 is 16.0 Å². The molecule has 7 heteroatoms. The second kappa shape index (κ2) is 8.74. The Bertz CT molecular complexity index is 450. The Morgan fingerprint density at radius 1 is 1.30 bits per heavy atom. The minimum absolute atomic E-state index is 0.135. The summed E-state index contributed by atoms with van der Waals surface area (Å²) in [6, 6.07) is -0.293. The molecular weight excluding hydrogens is 294 g/mol. The number of carbonyl (C=O) groups excluding carboxylic acids is 2. The molecule has 1 unspecified atom stereocenters. The molecule has 0 radical (unpaired) electrons. The predicted molar refractivity (Wildman–Crippen MR) is 92.4 cm³/mol. The van der Waals surface area contributed by atoms with E-state index in [0.29, 0.717) is 31.8 Å². The number of imide groups is 1. The molecule has 0 aromatic carbocycles. The van der Waals surface area contributed by atoms with Gasteiger partial charge in [-0.25, -0.2) is 4.79 Å². The van der Waals surface area contributed by atoms with Crippen molar-refractivity contribution in [2.45, 2.75) is 52.5 Å². The highest BCUT2D eigenvalue weighted by molar-refractivity contribution is 6.06. The molecule has 0 aromatic rings. The Morgan fingerprint density at radius 2 is 1.96 bits per heavy atom. The van der Waals surface area contributed by atoms with E-state index >= 15 is 0 Å². The lowest BCUT2D eigenvalue weighted by Gasteiger charge is -2.19. The van der Waals surface area contributed by atoms with Crippen molar-refractivity contribution < 1.29 is 9.59 Å². The summed E-state index contributed by atoms with van der Waals surface area (Å²) in [6.45, 7) is 9.97. The number of nitrogens with zero attached hydrogens (tertiary/aromatic N) is 2. The van der Waals surface area contributed by atoms with Gasteiger partial charge in [0.2, 0.25) is 0 Å². The van der Waals surface area contributed by atoms with Crippen LogP contribution in [0.3, 0.4) is 0 Å². The lowest BCUT2D eigenvalue weighted by Crippen LogP contribution is -2.43. The van der Waals surface area contributed by atoms with Gasteiger partial charge in [0.05, 0.1) is 0 Å². The van der Waals surface area contributed by atoms with Crippen LogP contribution in [0.25, 0.3) is 0 Å². The van der Waals surface area contributed by atoms with Crippen molar-refractivity contribution in [2.24, 2.45) is 10.9 Å². The summed E-state index contributed by atoms with van der Waals surface area (Å²) in [4.78, 5) is 29.6. The first kappa shape index (κ1) is 19.3. The SMILES string of the molecule is CCC1(C)NC(=O)N(CCCNC(=NC)NCCC(C)C)C1=O. The third-order valence-corrected chi connectivity index (χ3v) is 4.14. The molecule has 0 spiro atoms. The highest BCUT2D eigenvalue weighted by Gasteiger charge is 2.45. The summed E-state index contributed by atoms with van der Waals surface area (Å²) >= 11 is 0. The van der Waals surface area contributed by atoms with E-state index in [1.807, 2.05) is 6.92 Å². The minimum atomic E-state index is -0.751. The van der Waals surface area contributed by atoms with E-state index in [1.165, 1.54) is 4.90 Å². The van der Waals surface area contributed by atoms with Crippen LogP contribution in [0.2, 0.25) is 0 Å². The quantitative estimate of drug-likeness (QED) is 0.272. The topological polar surface area (TPSA) is 85.8 Å². The Kier molecular flexibility index (Phi) is 7.32. The van der Waals surface area contributed by atoms with Crippen LogP contribution in [0.5, 0.6) is 0 Å². The maximum Gasteiger partial charge on any atom is 0.325 e. The van der Waals surface area contributed by atoms with Gasteiger partial charge in [0, 0.05) is 26.7 Å². The molecule has 1 aliphatic rings. The average Bonchev–Trinajstić information content (AvgIpc) is 2.72. The van der Waals surface area contributed by atoms with E-state index in [2.05, 4.69) is 34.8 Å². The Labute approximate surface area is 139 Å². The largest absolute Gasteiger partial charge is 0.356 e. The fourth-order valence-electron chi connectivity index (χ4n) is 2.33. The van der Waals surface area contributed by atoms with Crippen molar-refractivity contribution in [3.8, 4) is 0 Å². The molecule has 3 N–H and O–H groups in total. The standard InChI is InChI=1S/C16H31N5O2/c1-6-16(4)13(22)21(15(23)20-16)11-7-9-18-14(17-5)19-10-8-12(2)3/h12H,6-11H2,1-5H3,(H,20,23)(H2,17,18,19). The summed E-state index contributed by atoms with van der Waals surface area (Å²) in [5, 5.41) is 9.21. The number of rotatable bonds is 8. The van der Waals surface area contributed by atoms with Gasteiger partial charge >= 0.3 is 6.03 Å². The molecule has 1 saturated heterocycles. The Morgan fingerprint density at radius 3 is 2.48 bits per heavy atom. The molecule has 0 aromatic heterocycles. The maximum atomic E-state index is 12.2. The molecule has 132 valence electrons. The fraction of sp³-hybridized carbons (Fsp3) is 0.812. The zero-order valence-electron chi connectivity index (χ0n) is 15.0. The molecule has 0 bridgehead atoms. The van der Waals surface area contributed by atoms with Gasteiger partial charge in [-0.3, -0.25) is 14.7 Å². The van der Waals surface area contributed by atoms with Crippen LogP contribution >= 0.6 is 0 Å². The summed E-state index contributed by atoms with van der Waals surface area (Å²) in [5.74, 6) is 1.26. The Hall–Kier alpha value is -1.79. The predicted octanol–water partition coefficient (Wildman–Crippen LogP) is 1.31. The monoisotopic (exact) mass is 325 g/mol. The molecule has 1 aliphatic heterocycles. The molecule has 1 heterocycles. The number of amides is 3. The van der Waals surface area contributed by atoms with Gasteiger partial charge in [-0.15, -0.1) is 0 Å². The molecule has 1 fully saturated rings. The molecule has 7 nitrogen and oxygen atoms in total. The van der Waals surface area contributed by atoms with Crippen molar-refractivity contribution in [3.63, 3.8) is 0 Å². The second-order valence-corrected chi connectivity index (χ2v) is 6.53. The zero-order chi connectivity index (χ0) is 17.5. The summed E-state index contributed by atoms with van der Waals surface area (Å²) in [5.41, 5.74) is -0.751. The summed E-state index contributed by atoms with van der Waals surface area (Å²) in [7, 11) is 1.73. The molecule has 1 atom stereocenters. The van der Waals surface area contributed by atoms with Gasteiger partial charge in [-0.2, -0.15) is 0 Å². The first-order valence-electron chi connectivity index (χ1n) is 8.42. The first-order valence-corrected chi connectivity index (χ1v) is 8.42. The molecule has 3 amide bonds. The van der Waals surface area contributed by atoms with Gasteiger partial charge in [0.1, 0.15) is 5.54 Å². The van der Waals surface area contributed by atoms with Crippen molar-refractivity contribution in [3.05, 3.63) is 0 Å². The number of aliphatic imine (C=N–C) groups is 1. The lowest BCUT2D eigenvalue weighted by atomic mass is 9.99. The van der Waals surface area contributed by atoms with Gasteiger partial charge in [0.15, 0.2) is 5.96 Å². The number of guanidine groups is 1. The van der Waals surface area contributed by atoms with Crippen LogP contribution in [0.4, 0.5) is 4.79 Å². The van der Waals surface area contributed by atoms with E-state index in [9.17, 15) is 9.59 Å². The number of hydrogen-bond acceptors (Lipinski definition) is 3. The fourth-order valence-corrected chi connectivity index (χ4v) is 2.33. The van der Waals surface area contributed by atoms with Crippen molar-refractivity contribution >= 4 is 17.9 Å². The van der Waals surface area contributed by atoms with Gasteiger partial charge in [-0.1, -0.05) is 20.8 Å². The number of carbonyl (C=O) groups is 2. The molecular formula is C16H31N5O2. The second-order valence-electron chi connectivity index (χ2n) is 6.53. The average molecular weight is 325 g/mol. The highest BCUT2D eigenvalue weighted by atomic mass is 16.2.